The molecule has 200 valence electrons. The molecule has 0 atom stereocenters. The average Bonchev–Trinajstić information content (AvgIpc) is 3.38. The van der Waals surface area contributed by atoms with E-state index in [-0.39, 0.29) is 10.6 Å². The van der Waals surface area contributed by atoms with E-state index >= 15 is 0 Å². The molecule has 7 nitrogen and oxygen atoms in total. The van der Waals surface area contributed by atoms with E-state index in [2.05, 4.69) is 9.71 Å². The first kappa shape index (κ1) is 26.0. The molecule has 0 fully saturated rings. The van der Waals surface area contributed by atoms with Crippen molar-refractivity contribution in [1.29, 1.82) is 0 Å². The molecule has 0 aliphatic carbocycles. The van der Waals surface area contributed by atoms with Crippen LogP contribution in [-0.4, -0.2) is 25.6 Å². The lowest BCUT2D eigenvalue weighted by Crippen LogP contribution is -2.13. The quantitative estimate of drug-likeness (QED) is 0.175. The molecular weight excluding hydrogens is 565 g/mol. The van der Waals surface area contributed by atoms with Gasteiger partial charge in [-0.1, -0.05) is 60.3 Å². The number of phenolic OH excluding ortho intramolecular Hbond substituents is 1. The van der Waals surface area contributed by atoms with Crippen molar-refractivity contribution in [2.75, 3.05) is 11.8 Å². The highest BCUT2D eigenvalue weighted by atomic mass is 32.2. The topological polar surface area (TPSA) is 97.8 Å². The summed E-state index contributed by atoms with van der Waals surface area (Å²) >= 11 is 2.80. The van der Waals surface area contributed by atoms with Crippen LogP contribution in [0.2, 0.25) is 0 Å². The third-order valence-corrected chi connectivity index (χ3v) is 9.64. The first-order valence-corrected chi connectivity index (χ1v) is 15.2. The molecule has 0 saturated carbocycles. The number of ether oxygens (including phenoxy) is 2. The zero-order valence-electron chi connectivity index (χ0n) is 21.1. The van der Waals surface area contributed by atoms with Gasteiger partial charge in [-0.15, -0.1) is 11.3 Å². The molecule has 0 amide bonds. The van der Waals surface area contributed by atoms with Gasteiger partial charge >= 0.3 is 0 Å². The van der Waals surface area contributed by atoms with Gasteiger partial charge in [0.05, 0.1) is 32.8 Å². The summed E-state index contributed by atoms with van der Waals surface area (Å²) in [5.74, 6) is 1.63. The van der Waals surface area contributed by atoms with Crippen LogP contribution < -0.4 is 14.2 Å². The highest BCUT2D eigenvalue weighted by Crippen LogP contribution is 2.44. The lowest BCUT2D eigenvalue weighted by Gasteiger charge is -2.15. The third kappa shape index (κ3) is 5.16. The summed E-state index contributed by atoms with van der Waals surface area (Å²) in [7, 11) is -2.41. The van der Waals surface area contributed by atoms with E-state index in [1.54, 1.807) is 61.7 Å². The smallest absolute Gasteiger partial charge is 0.261 e. The molecule has 0 bridgehead atoms. The number of thiazole rings is 1. The number of sulfonamides is 1. The van der Waals surface area contributed by atoms with Crippen LogP contribution in [0.15, 0.2) is 117 Å². The van der Waals surface area contributed by atoms with Crippen molar-refractivity contribution in [3.05, 3.63) is 103 Å². The van der Waals surface area contributed by atoms with Crippen molar-refractivity contribution in [2.24, 2.45) is 0 Å². The molecule has 1 aromatic heterocycles. The molecule has 1 heterocycles. The van der Waals surface area contributed by atoms with Gasteiger partial charge in [0.1, 0.15) is 11.5 Å². The lowest BCUT2D eigenvalue weighted by molar-refractivity contribution is 0.379. The van der Waals surface area contributed by atoms with E-state index in [9.17, 15) is 13.5 Å². The minimum Gasteiger partial charge on any atom is -0.506 e. The minimum absolute atomic E-state index is 0.0670. The van der Waals surface area contributed by atoms with Crippen molar-refractivity contribution in [2.45, 2.75) is 14.1 Å². The molecule has 6 rings (SSSR count). The van der Waals surface area contributed by atoms with Crippen LogP contribution in [0.4, 0.5) is 5.69 Å². The summed E-state index contributed by atoms with van der Waals surface area (Å²) in [5, 5.41) is 12.2. The van der Waals surface area contributed by atoms with Gasteiger partial charge in [0.2, 0.25) is 0 Å². The molecule has 0 spiro atoms. The number of hydrogen-bond donors (Lipinski definition) is 2. The Kier molecular flexibility index (Phi) is 6.97. The molecule has 2 N–H and O–H groups in total. The van der Waals surface area contributed by atoms with Crippen LogP contribution in [0.3, 0.4) is 0 Å². The number of phenols is 1. The maximum atomic E-state index is 13.4. The number of hydrogen-bond acceptors (Lipinski definition) is 8. The normalized spacial score (nSPS) is 11.5. The second kappa shape index (κ2) is 10.7. The maximum absolute atomic E-state index is 13.4. The Morgan fingerprint density at radius 2 is 1.52 bits per heavy atom. The van der Waals surface area contributed by atoms with Crippen LogP contribution in [-0.2, 0) is 10.0 Å². The van der Waals surface area contributed by atoms with Crippen LogP contribution in [0.25, 0.3) is 21.0 Å². The Morgan fingerprint density at radius 1 is 0.850 bits per heavy atom. The van der Waals surface area contributed by atoms with Crippen molar-refractivity contribution in [3.63, 3.8) is 0 Å². The molecule has 0 unspecified atom stereocenters. The molecule has 5 aromatic carbocycles. The number of nitrogens with one attached hydrogen (secondary N) is 1. The van der Waals surface area contributed by atoms with Crippen LogP contribution in [0.5, 0.6) is 23.0 Å². The molecule has 0 aliphatic rings. The van der Waals surface area contributed by atoms with Gasteiger partial charge in [0.15, 0.2) is 15.8 Å². The predicted molar refractivity (Wildman–Crippen MR) is 160 cm³/mol. The Labute approximate surface area is 239 Å². The number of para-hydroxylation sites is 3. The SMILES string of the molecule is COc1ccccc1Oc1ccc(S(=O)(=O)Nc2cc(Sc3nc4ccccc4s3)c(O)c3ccccc23)cc1. The highest BCUT2D eigenvalue weighted by Gasteiger charge is 2.20. The Balaban J connectivity index is 1.31. The molecule has 10 heteroatoms. The summed E-state index contributed by atoms with van der Waals surface area (Å²) in [6.45, 7) is 0. The Bertz CT molecular complexity index is 1920. The zero-order valence-corrected chi connectivity index (χ0v) is 23.5. The van der Waals surface area contributed by atoms with E-state index in [0.29, 0.717) is 38.6 Å². The number of methoxy groups -OCH3 is 1. The van der Waals surface area contributed by atoms with E-state index in [4.69, 9.17) is 9.47 Å². The fraction of sp³-hybridized carbons (Fsp3) is 0.0333. The number of anilines is 1. The molecule has 0 radical (unpaired) electrons. The zero-order chi connectivity index (χ0) is 27.7. The Hall–Kier alpha value is -4.25. The summed E-state index contributed by atoms with van der Waals surface area (Å²) in [6.07, 6.45) is 0. The van der Waals surface area contributed by atoms with Crippen LogP contribution in [0.1, 0.15) is 0 Å². The number of benzene rings is 5. The van der Waals surface area contributed by atoms with Crippen molar-refractivity contribution in [3.8, 4) is 23.0 Å². The second-order valence-corrected chi connectivity index (χ2v) is 12.7. The average molecular weight is 587 g/mol. The molecule has 6 aromatic rings. The van der Waals surface area contributed by atoms with Gasteiger partial charge in [0.25, 0.3) is 10.0 Å². The fourth-order valence-corrected chi connectivity index (χ4v) is 7.39. The van der Waals surface area contributed by atoms with Crippen molar-refractivity contribution >= 4 is 59.8 Å². The van der Waals surface area contributed by atoms with E-state index in [1.165, 1.54) is 35.2 Å². The predicted octanol–water partition coefficient (Wildman–Crippen LogP) is 7.91. The number of fused-ring (bicyclic) bond motifs is 2. The summed E-state index contributed by atoms with van der Waals surface area (Å²) in [6, 6.07) is 29.9. The number of nitrogens with zero attached hydrogens (tertiary/aromatic N) is 1. The van der Waals surface area contributed by atoms with Gasteiger partial charge in [-0.2, -0.15) is 0 Å². The van der Waals surface area contributed by atoms with Gasteiger partial charge in [-0.05, 0) is 54.6 Å². The minimum atomic E-state index is -3.96. The van der Waals surface area contributed by atoms with Crippen LogP contribution >= 0.6 is 23.1 Å². The summed E-state index contributed by atoms with van der Waals surface area (Å²) in [4.78, 5) is 5.21. The third-order valence-electron chi connectivity index (χ3n) is 6.13. The highest BCUT2D eigenvalue weighted by molar-refractivity contribution is 8.01. The van der Waals surface area contributed by atoms with Gasteiger partial charge < -0.3 is 14.6 Å². The largest absolute Gasteiger partial charge is 0.506 e. The van der Waals surface area contributed by atoms with E-state index < -0.39 is 10.0 Å². The molecule has 0 aliphatic heterocycles. The van der Waals surface area contributed by atoms with Gasteiger partial charge in [-0.3, -0.25) is 4.72 Å². The molecular formula is C30H22N2O5S3. The van der Waals surface area contributed by atoms with E-state index in [0.717, 1.165) is 14.6 Å². The lowest BCUT2D eigenvalue weighted by atomic mass is 10.1. The standard InChI is InChI=1S/C30H22N2O5S3/c1-36-25-11-5-6-12-26(25)37-19-14-16-20(17-15-19)40(34,35)32-24-18-28(29(33)22-9-3-2-8-21(22)24)39-30-31-23-10-4-7-13-27(23)38-30/h2-18,32-33H,1H3. The monoisotopic (exact) mass is 586 g/mol. The van der Waals surface area contributed by atoms with Crippen molar-refractivity contribution in [1.82, 2.24) is 4.98 Å². The van der Waals surface area contributed by atoms with Crippen LogP contribution in [0, 0.1) is 0 Å². The molecule has 40 heavy (non-hydrogen) atoms. The van der Waals surface area contributed by atoms with Gasteiger partial charge in [-0.25, -0.2) is 13.4 Å². The Morgan fingerprint density at radius 3 is 2.27 bits per heavy atom. The maximum Gasteiger partial charge on any atom is 0.261 e. The second-order valence-electron chi connectivity index (χ2n) is 8.70. The molecule has 0 saturated heterocycles. The van der Waals surface area contributed by atoms with Crippen molar-refractivity contribution < 1.29 is 23.0 Å². The number of rotatable bonds is 8. The number of aromatic nitrogens is 1. The first-order valence-electron chi connectivity index (χ1n) is 12.1. The van der Waals surface area contributed by atoms with E-state index in [1.807, 2.05) is 36.4 Å². The summed E-state index contributed by atoms with van der Waals surface area (Å²) in [5.41, 5.74) is 1.22. The van der Waals surface area contributed by atoms with Gasteiger partial charge in [0, 0.05) is 10.8 Å². The number of aromatic hydroxyl groups is 1. The summed E-state index contributed by atoms with van der Waals surface area (Å²) < 4.78 is 42.5. The first-order chi connectivity index (χ1) is 19.4. The fourth-order valence-electron chi connectivity index (χ4n) is 4.21.